The third-order valence-corrected chi connectivity index (χ3v) is 4.80. The molecule has 2 nitrogen and oxygen atoms in total. The molecule has 0 spiro atoms. The number of ether oxygens (including phenoxy) is 1. The van der Waals surface area contributed by atoms with Crippen molar-refractivity contribution in [2.45, 2.75) is 59.4 Å². The van der Waals surface area contributed by atoms with Gasteiger partial charge in [0, 0.05) is 23.0 Å². The van der Waals surface area contributed by atoms with Crippen LogP contribution in [0.3, 0.4) is 0 Å². The number of benzene rings is 1. The highest BCUT2D eigenvalue weighted by molar-refractivity contribution is 9.10. The normalized spacial score (nSPS) is 17.2. The van der Waals surface area contributed by atoms with E-state index in [9.17, 15) is 0 Å². The number of halogens is 1. The standard InChI is InChI=1S/C18H28BrNO/c1-6-18(5,12-20-17(2,3)4)11-14-10-15(19)9-13-7-8-21-16(13)14/h9-10,20H,6-8,11-12H2,1-5H3. The van der Waals surface area contributed by atoms with Gasteiger partial charge in [-0.2, -0.15) is 0 Å². The van der Waals surface area contributed by atoms with E-state index in [1.165, 1.54) is 15.6 Å². The van der Waals surface area contributed by atoms with Gasteiger partial charge in [0.15, 0.2) is 0 Å². The topological polar surface area (TPSA) is 21.3 Å². The molecule has 118 valence electrons. The molecule has 0 radical (unpaired) electrons. The lowest BCUT2D eigenvalue weighted by molar-refractivity contribution is 0.251. The molecule has 1 atom stereocenters. The van der Waals surface area contributed by atoms with Crippen LogP contribution < -0.4 is 10.1 Å². The number of nitrogens with one attached hydrogen (secondary N) is 1. The van der Waals surface area contributed by atoms with Gasteiger partial charge in [0.1, 0.15) is 5.75 Å². The predicted octanol–water partition coefficient (Wildman–Crippen LogP) is 4.73. The Bertz CT molecular complexity index is 507. The largest absolute Gasteiger partial charge is 0.493 e. The molecule has 1 aromatic rings. The summed E-state index contributed by atoms with van der Waals surface area (Å²) >= 11 is 3.64. The molecule has 3 heteroatoms. The van der Waals surface area contributed by atoms with Gasteiger partial charge in [-0.15, -0.1) is 0 Å². The minimum Gasteiger partial charge on any atom is -0.493 e. The minimum absolute atomic E-state index is 0.159. The molecule has 1 aromatic carbocycles. The first-order chi connectivity index (χ1) is 9.72. The molecule has 0 aliphatic carbocycles. The lowest BCUT2D eigenvalue weighted by Gasteiger charge is -2.33. The summed E-state index contributed by atoms with van der Waals surface area (Å²) in [6.07, 6.45) is 3.23. The van der Waals surface area contributed by atoms with Crippen LogP contribution in [0.15, 0.2) is 16.6 Å². The molecule has 0 amide bonds. The third-order valence-electron chi connectivity index (χ3n) is 4.34. The van der Waals surface area contributed by atoms with Crippen molar-refractivity contribution >= 4 is 15.9 Å². The van der Waals surface area contributed by atoms with E-state index in [0.717, 1.165) is 38.2 Å². The molecule has 21 heavy (non-hydrogen) atoms. The lowest BCUT2D eigenvalue weighted by Crippen LogP contribution is -2.43. The summed E-state index contributed by atoms with van der Waals surface area (Å²) in [5, 5.41) is 3.66. The molecule has 0 fully saturated rings. The molecule has 0 aromatic heterocycles. The summed E-state index contributed by atoms with van der Waals surface area (Å²) in [5.74, 6) is 1.13. The zero-order chi connectivity index (χ0) is 15.7. The SMILES string of the molecule is CCC(C)(CNC(C)(C)C)Cc1cc(Br)cc2c1OCC2. The fourth-order valence-electron chi connectivity index (χ4n) is 2.73. The van der Waals surface area contributed by atoms with Gasteiger partial charge in [0.25, 0.3) is 0 Å². The number of fused-ring (bicyclic) bond motifs is 1. The number of hydrogen-bond donors (Lipinski definition) is 1. The molecule has 0 bridgehead atoms. The Labute approximate surface area is 137 Å². The highest BCUT2D eigenvalue weighted by atomic mass is 79.9. The van der Waals surface area contributed by atoms with Crippen LogP contribution in [-0.2, 0) is 12.8 Å². The maximum atomic E-state index is 5.88. The fourth-order valence-corrected chi connectivity index (χ4v) is 3.28. The zero-order valence-electron chi connectivity index (χ0n) is 14.0. The predicted molar refractivity (Wildman–Crippen MR) is 93.2 cm³/mol. The molecule has 1 aliphatic rings. The smallest absolute Gasteiger partial charge is 0.125 e. The van der Waals surface area contributed by atoms with E-state index in [0.29, 0.717) is 0 Å². The first kappa shape index (κ1) is 16.8. The lowest BCUT2D eigenvalue weighted by atomic mass is 9.80. The van der Waals surface area contributed by atoms with E-state index in [1.807, 2.05) is 0 Å². The molecule has 1 heterocycles. The minimum atomic E-state index is 0.159. The van der Waals surface area contributed by atoms with Crippen LogP contribution in [0.5, 0.6) is 5.75 Å². The van der Waals surface area contributed by atoms with Gasteiger partial charge in [-0.1, -0.05) is 29.8 Å². The maximum Gasteiger partial charge on any atom is 0.125 e. The van der Waals surface area contributed by atoms with Gasteiger partial charge < -0.3 is 10.1 Å². The first-order valence-electron chi connectivity index (χ1n) is 7.91. The van der Waals surface area contributed by atoms with E-state index in [4.69, 9.17) is 4.74 Å². The van der Waals surface area contributed by atoms with Crippen molar-refractivity contribution in [3.63, 3.8) is 0 Å². The van der Waals surface area contributed by atoms with E-state index in [-0.39, 0.29) is 11.0 Å². The van der Waals surface area contributed by atoms with Gasteiger partial charge in [-0.3, -0.25) is 0 Å². The highest BCUT2D eigenvalue weighted by Crippen LogP contribution is 2.37. The zero-order valence-corrected chi connectivity index (χ0v) is 15.6. The van der Waals surface area contributed by atoms with Gasteiger partial charge in [0.05, 0.1) is 6.61 Å². The summed E-state index contributed by atoms with van der Waals surface area (Å²) < 4.78 is 7.05. The Hall–Kier alpha value is -0.540. The van der Waals surface area contributed by atoms with Gasteiger partial charge >= 0.3 is 0 Å². The highest BCUT2D eigenvalue weighted by Gasteiger charge is 2.28. The summed E-state index contributed by atoms with van der Waals surface area (Å²) in [4.78, 5) is 0. The molecule has 1 unspecified atom stereocenters. The van der Waals surface area contributed by atoms with Gasteiger partial charge in [-0.25, -0.2) is 0 Å². The second kappa shape index (κ2) is 6.29. The molecule has 1 N–H and O–H groups in total. The van der Waals surface area contributed by atoms with Crippen molar-refractivity contribution in [2.24, 2.45) is 5.41 Å². The molecular formula is C18H28BrNO. The quantitative estimate of drug-likeness (QED) is 0.825. The second-order valence-corrected chi connectivity index (χ2v) is 8.51. The first-order valence-corrected chi connectivity index (χ1v) is 8.71. The van der Waals surface area contributed by atoms with Crippen molar-refractivity contribution in [3.8, 4) is 5.75 Å². The van der Waals surface area contributed by atoms with Crippen LogP contribution >= 0.6 is 15.9 Å². The summed E-state index contributed by atoms with van der Waals surface area (Å²) in [6.45, 7) is 13.2. The average molecular weight is 354 g/mol. The van der Waals surface area contributed by atoms with Crippen LogP contribution in [0.2, 0.25) is 0 Å². The van der Waals surface area contributed by atoms with Crippen LogP contribution in [0.1, 0.15) is 52.2 Å². The monoisotopic (exact) mass is 353 g/mol. The van der Waals surface area contributed by atoms with Gasteiger partial charge in [-0.05, 0) is 62.3 Å². The number of hydrogen-bond acceptors (Lipinski definition) is 2. The van der Waals surface area contributed by atoms with E-state index in [1.54, 1.807) is 0 Å². The molecule has 2 rings (SSSR count). The summed E-state index contributed by atoms with van der Waals surface area (Å²) in [7, 11) is 0. The third kappa shape index (κ3) is 4.46. The Balaban J connectivity index is 2.19. The Morgan fingerprint density at radius 2 is 1.95 bits per heavy atom. The van der Waals surface area contributed by atoms with Gasteiger partial charge in [0.2, 0.25) is 0 Å². The molecule has 1 aliphatic heterocycles. The van der Waals surface area contributed by atoms with E-state index >= 15 is 0 Å². The summed E-state index contributed by atoms with van der Waals surface area (Å²) in [5.41, 5.74) is 3.10. The Morgan fingerprint density at radius 3 is 2.57 bits per heavy atom. The van der Waals surface area contributed by atoms with Crippen molar-refractivity contribution in [2.75, 3.05) is 13.2 Å². The van der Waals surface area contributed by atoms with Crippen LogP contribution in [0.25, 0.3) is 0 Å². The summed E-state index contributed by atoms with van der Waals surface area (Å²) in [6, 6.07) is 4.43. The second-order valence-electron chi connectivity index (χ2n) is 7.60. The van der Waals surface area contributed by atoms with Crippen molar-refractivity contribution in [3.05, 3.63) is 27.7 Å². The molecular weight excluding hydrogens is 326 g/mol. The van der Waals surface area contributed by atoms with E-state index < -0.39 is 0 Å². The van der Waals surface area contributed by atoms with Crippen molar-refractivity contribution in [1.29, 1.82) is 0 Å². The van der Waals surface area contributed by atoms with Crippen LogP contribution in [0.4, 0.5) is 0 Å². The molecule has 0 saturated heterocycles. The maximum absolute atomic E-state index is 5.88. The Morgan fingerprint density at radius 1 is 1.24 bits per heavy atom. The van der Waals surface area contributed by atoms with Crippen molar-refractivity contribution in [1.82, 2.24) is 5.32 Å². The fraction of sp³-hybridized carbons (Fsp3) is 0.667. The van der Waals surface area contributed by atoms with E-state index in [2.05, 4.69) is 68.0 Å². The van der Waals surface area contributed by atoms with Crippen LogP contribution in [-0.4, -0.2) is 18.7 Å². The number of rotatable bonds is 5. The molecule has 0 saturated carbocycles. The van der Waals surface area contributed by atoms with Crippen LogP contribution in [0, 0.1) is 5.41 Å². The van der Waals surface area contributed by atoms with Crippen molar-refractivity contribution < 1.29 is 4.74 Å². The average Bonchev–Trinajstić information content (AvgIpc) is 2.84. The Kier molecular flexibility index (Phi) is 5.04.